The van der Waals surface area contributed by atoms with E-state index in [0.717, 1.165) is 0 Å². The van der Waals surface area contributed by atoms with Gasteiger partial charge in [0.05, 0.1) is 29.9 Å². The lowest BCUT2D eigenvalue weighted by molar-refractivity contribution is 0.417. The lowest BCUT2D eigenvalue weighted by atomic mass is 10.2. The zero-order valence-electron chi connectivity index (χ0n) is 10.2. The van der Waals surface area contributed by atoms with E-state index in [1.807, 2.05) is 0 Å². The predicted octanol–water partition coefficient (Wildman–Crippen LogP) is 3.40. The molecule has 2 rings (SSSR count). The van der Waals surface area contributed by atoms with Gasteiger partial charge in [-0.3, -0.25) is 0 Å². The van der Waals surface area contributed by atoms with Gasteiger partial charge in [0, 0.05) is 0 Å². The standard InChI is InChI=1S/C13H13ClFN3O/c1-19-10-5-3-2-4-9(10)18-13-8(17)6-7(16)11(14)12(13)15/h2-6,18H,16-17H2,1H3. The summed E-state index contributed by atoms with van der Waals surface area (Å²) in [5.74, 6) is -0.126. The molecule has 0 atom stereocenters. The van der Waals surface area contributed by atoms with Crippen molar-refractivity contribution >= 4 is 34.4 Å². The lowest BCUT2D eigenvalue weighted by Gasteiger charge is -2.15. The number of benzene rings is 2. The van der Waals surface area contributed by atoms with Gasteiger partial charge >= 0.3 is 0 Å². The summed E-state index contributed by atoms with van der Waals surface area (Å²) in [5.41, 5.74) is 12.2. The summed E-state index contributed by atoms with van der Waals surface area (Å²) in [6, 6.07) is 8.48. The molecule has 0 bridgehead atoms. The van der Waals surface area contributed by atoms with Crippen LogP contribution in [0.25, 0.3) is 0 Å². The fourth-order valence-electron chi connectivity index (χ4n) is 1.68. The van der Waals surface area contributed by atoms with Crippen LogP contribution in [-0.2, 0) is 0 Å². The molecule has 0 fully saturated rings. The monoisotopic (exact) mass is 281 g/mol. The Morgan fingerprint density at radius 1 is 1.21 bits per heavy atom. The van der Waals surface area contributed by atoms with E-state index < -0.39 is 5.82 Å². The van der Waals surface area contributed by atoms with Crippen molar-refractivity contribution < 1.29 is 9.13 Å². The Morgan fingerprint density at radius 2 is 1.89 bits per heavy atom. The second kappa shape index (κ2) is 5.24. The van der Waals surface area contributed by atoms with Crippen LogP contribution in [0.3, 0.4) is 0 Å². The minimum absolute atomic E-state index is 0.0729. The highest BCUT2D eigenvalue weighted by molar-refractivity contribution is 6.33. The number of nitrogens with one attached hydrogen (secondary N) is 1. The molecule has 0 heterocycles. The highest BCUT2D eigenvalue weighted by Crippen LogP contribution is 2.37. The molecule has 6 heteroatoms. The molecule has 0 aromatic heterocycles. The van der Waals surface area contributed by atoms with Crippen molar-refractivity contribution in [3.05, 3.63) is 41.2 Å². The normalized spacial score (nSPS) is 10.3. The van der Waals surface area contributed by atoms with Gasteiger partial charge in [0.1, 0.15) is 10.8 Å². The van der Waals surface area contributed by atoms with Gasteiger partial charge in [0.25, 0.3) is 0 Å². The second-order valence-corrected chi connectivity index (χ2v) is 4.26. The van der Waals surface area contributed by atoms with Crippen LogP contribution in [0, 0.1) is 5.82 Å². The summed E-state index contributed by atoms with van der Waals surface area (Å²) in [7, 11) is 1.52. The maximum absolute atomic E-state index is 14.0. The van der Waals surface area contributed by atoms with Crippen LogP contribution in [0.15, 0.2) is 30.3 Å². The largest absolute Gasteiger partial charge is 0.495 e. The van der Waals surface area contributed by atoms with Gasteiger partial charge in [-0.25, -0.2) is 4.39 Å². The van der Waals surface area contributed by atoms with Crippen molar-refractivity contribution in [1.82, 2.24) is 0 Å². The van der Waals surface area contributed by atoms with Gasteiger partial charge in [-0.2, -0.15) is 0 Å². The highest BCUT2D eigenvalue weighted by Gasteiger charge is 2.15. The van der Waals surface area contributed by atoms with Gasteiger partial charge in [-0.1, -0.05) is 23.7 Å². The molecule has 0 aliphatic heterocycles. The van der Waals surface area contributed by atoms with Crippen molar-refractivity contribution in [2.45, 2.75) is 0 Å². The number of methoxy groups -OCH3 is 1. The summed E-state index contributed by atoms with van der Waals surface area (Å²) in [4.78, 5) is 0. The molecule has 4 nitrogen and oxygen atoms in total. The van der Waals surface area contributed by atoms with Gasteiger partial charge in [0.15, 0.2) is 5.82 Å². The number of halogens is 2. The average Bonchev–Trinajstić information content (AvgIpc) is 2.41. The Balaban J connectivity index is 2.47. The predicted molar refractivity (Wildman–Crippen MR) is 76.5 cm³/mol. The van der Waals surface area contributed by atoms with E-state index in [-0.39, 0.29) is 22.1 Å². The summed E-state index contributed by atoms with van der Waals surface area (Å²) >= 11 is 5.77. The first-order valence-electron chi connectivity index (χ1n) is 5.47. The number of anilines is 4. The molecule has 5 N–H and O–H groups in total. The number of nitrogens with two attached hydrogens (primary N) is 2. The molecule has 0 unspecified atom stereocenters. The molecule has 0 amide bonds. The minimum Gasteiger partial charge on any atom is -0.495 e. The second-order valence-electron chi connectivity index (χ2n) is 3.88. The van der Waals surface area contributed by atoms with Crippen LogP contribution in [0.2, 0.25) is 5.02 Å². The Labute approximate surface area is 115 Å². The first-order valence-corrected chi connectivity index (χ1v) is 5.85. The first kappa shape index (κ1) is 13.3. The maximum atomic E-state index is 14.0. The zero-order chi connectivity index (χ0) is 14.0. The lowest BCUT2D eigenvalue weighted by Crippen LogP contribution is -2.03. The van der Waals surface area contributed by atoms with Crippen LogP contribution in [0.4, 0.5) is 27.1 Å². The number of ether oxygens (including phenoxy) is 1. The molecule has 0 radical (unpaired) electrons. The van der Waals surface area contributed by atoms with E-state index in [0.29, 0.717) is 11.4 Å². The molecule has 0 aliphatic carbocycles. The Morgan fingerprint density at radius 3 is 2.58 bits per heavy atom. The molecule has 0 aliphatic rings. The SMILES string of the molecule is COc1ccccc1Nc1c(N)cc(N)c(Cl)c1F. The summed E-state index contributed by atoms with van der Waals surface area (Å²) in [6.45, 7) is 0. The van der Waals surface area contributed by atoms with Crippen molar-refractivity contribution in [1.29, 1.82) is 0 Å². The van der Waals surface area contributed by atoms with Gasteiger partial charge in [-0.15, -0.1) is 0 Å². The van der Waals surface area contributed by atoms with Gasteiger partial charge in [-0.05, 0) is 18.2 Å². The van der Waals surface area contributed by atoms with Crippen molar-refractivity contribution in [3.8, 4) is 5.75 Å². The number of rotatable bonds is 3. The number of hydrogen-bond donors (Lipinski definition) is 3. The van der Waals surface area contributed by atoms with E-state index in [1.165, 1.54) is 13.2 Å². The molecule has 0 saturated heterocycles. The highest BCUT2D eigenvalue weighted by atomic mass is 35.5. The molecule has 2 aromatic carbocycles. The fraction of sp³-hybridized carbons (Fsp3) is 0.0769. The molecule has 0 spiro atoms. The third-order valence-corrected chi connectivity index (χ3v) is 3.02. The first-order chi connectivity index (χ1) is 9.04. The number of hydrogen-bond acceptors (Lipinski definition) is 4. The van der Waals surface area contributed by atoms with Crippen molar-refractivity contribution in [3.63, 3.8) is 0 Å². The van der Waals surface area contributed by atoms with Crippen molar-refractivity contribution in [2.75, 3.05) is 23.9 Å². The summed E-state index contributed by atoms with van der Waals surface area (Å²) < 4.78 is 19.2. The molecular weight excluding hydrogens is 269 g/mol. The van der Waals surface area contributed by atoms with E-state index >= 15 is 0 Å². The maximum Gasteiger partial charge on any atom is 0.169 e. The van der Waals surface area contributed by atoms with E-state index in [2.05, 4.69) is 5.32 Å². The van der Waals surface area contributed by atoms with Crippen molar-refractivity contribution in [2.24, 2.45) is 0 Å². The molecule has 100 valence electrons. The van der Waals surface area contributed by atoms with Crippen LogP contribution in [0.1, 0.15) is 0 Å². The smallest absolute Gasteiger partial charge is 0.169 e. The van der Waals surface area contributed by atoms with Crippen LogP contribution in [0.5, 0.6) is 5.75 Å². The number of nitrogen functional groups attached to an aromatic ring is 2. The summed E-state index contributed by atoms with van der Waals surface area (Å²) in [6.07, 6.45) is 0. The fourth-order valence-corrected chi connectivity index (χ4v) is 1.82. The Kier molecular flexibility index (Phi) is 3.66. The summed E-state index contributed by atoms with van der Waals surface area (Å²) in [5, 5.41) is 2.70. The topological polar surface area (TPSA) is 73.3 Å². The third-order valence-electron chi connectivity index (χ3n) is 2.63. The Hall–Kier alpha value is -2.14. The zero-order valence-corrected chi connectivity index (χ0v) is 11.0. The quantitative estimate of drug-likeness (QED) is 0.754. The number of para-hydroxylation sites is 2. The molecular formula is C13H13ClFN3O. The Bertz CT molecular complexity index is 619. The van der Waals surface area contributed by atoms with E-state index in [1.54, 1.807) is 24.3 Å². The third kappa shape index (κ3) is 2.51. The average molecular weight is 282 g/mol. The van der Waals surface area contributed by atoms with Gasteiger partial charge < -0.3 is 21.5 Å². The van der Waals surface area contributed by atoms with Crippen LogP contribution >= 0.6 is 11.6 Å². The van der Waals surface area contributed by atoms with Crippen LogP contribution < -0.4 is 21.5 Å². The van der Waals surface area contributed by atoms with Crippen LogP contribution in [-0.4, -0.2) is 7.11 Å². The minimum atomic E-state index is -0.690. The van der Waals surface area contributed by atoms with Gasteiger partial charge in [0.2, 0.25) is 0 Å². The molecule has 19 heavy (non-hydrogen) atoms. The van der Waals surface area contributed by atoms with E-state index in [9.17, 15) is 4.39 Å². The molecule has 0 saturated carbocycles. The molecule has 2 aromatic rings. The van der Waals surface area contributed by atoms with E-state index in [4.69, 9.17) is 27.8 Å².